The third kappa shape index (κ3) is 3.48. The molecule has 2 heterocycles. The Kier molecular flexibility index (Phi) is 4.21. The van der Waals surface area contributed by atoms with Crippen LogP contribution in [0.2, 0.25) is 0 Å². The summed E-state index contributed by atoms with van der Waals surface area (Å²) in [7, 11) is 0. The maximum atomic E-state index is 12.2. The van der Waals surface area contributed by atoms with Gasteiger partial charge < -0.3 is 10.3 Å². The van der Waals surface area contributed by atoms with Crippen molar-refractivity contribution in [3.05, 3.63) is 72.8 Å². The van der Waals surface area contributed by atoms with E-state index in [1.165, 1.54) is 6.33 Å². The number of rotatable bonds is 5. The molecule has 8 nitrogen and oxygen atoms in total. The van der Waals surface area contributed by atoms with Crippen LogP contribution < -0.4 is 5.32 Å². The Bertz CT molecular complexity index is 893. The van der Waals surface area contributed by atoms with Gasteiger partial charge in [-0.1, -0.05) is 12.1 Å². The first-order valence-corrected chi connectivity index (χ1v) is 8.00. The maximum Gasteiger partial charge on any atom is 0.228 e. The molecule has 0 spiro atoms. The fourth-order valence-electron chi connectivity index (χ4n) is 2.57. The second kappa shape index (κ2) is 6.98. The van der Waals surface area contributed by atoms with Crippen molar-refractivity contribution in [1.29, 1.82) is 0 Å². The summed E-state index contributed by atoms with van der Waals surface area (Å²) in [5.41, 5.74) is 3.46. The lowest BCUT2D eigenvalue weighted by Gasteiger charge is -2.07. The van der Waals surface area contributed by atoms with Crippen molar-refractivity contribution in [3.8, 4) is 17.1 Å². The predicted molar refractivity (Wildman–Crippen MR) is 95.5 cm³/mol. The molecule has 0 saturated carbocycles. The van der Waals surface area contributed by atoms with Crippen LogP contribution in [0.4, 0.5) is 5.69 Å². The van der Waals surface area contributed by atoms with E-state index in [0.717, 1.165) is 28.3 Å². The van der Waals surface area contributed by atoms with Crippen LogP contribution in [-0.2, 0) is 11.2 Å². The van der Waals surface area contributed by atoms with Gasteiger partial charge in [-0.25, -0.2) is 9.67 Å². The number of aromatic nitrogens is 6. The van der Waals surface area contributed by atoms with Gasteiger partial charge in [0.05, 0.1) is 12.1 Å². The minimum atomic E-state index is -0.0779. The Morgan fingerprint density at radius 2 is 1.88 bits per heavy atom. The molecule has 0 bridgehead atoms. The molecule has 0 saturated heterocycles. The zero-order valence-electron chi connectivity index (χ0n) is 13.7. The van der Waals surface area contributed by atoms with Crippen molar-refractivity contribution in [3.63, 3.8) is 0 Å². The first kappa shape index (κ1) is 15.7. The third-order valence-corrected chi connectivity index (χ3v) is 3.85. The SMILES string of the molecule is O=C(Cc1ccc(-n2cnnn2)cc1)Nc1ccc(-c2ncc[nH]2)cc1. The van der Waals surface area contributed by atoms with Gasteiger partial charge in [-0.3, -0.25) is 4.79 Å². The number of anilines is 1. The van der Waals surface area contributed by atoms with Gasteiger partial charge in [0.2, 0.25) is 5.91 Å². The minimum Gasteiger partial charge on any atom is -0.345 e. The van der Waals surface area contributed by atoms with E-state index >= 15 is 0 Å². The number of hydrogen-bond donors (Lipinski definition) is 2. The zero-order valence-corrected chi connectivity index (χ0v) is 13.7. The number of carbonyl (C=O) groups excluding carboxylic acids is 1. The smallest absolute Gasteiger partial charge is 0.228 e. The molecule has 0 aliphatic heterocycles. The first-order chi connectivity index (χ1) is 12.8. The van der Waals surface area contributed by atoms with E-state index in [-0.39, 0.29) is 12.3 Å². The summed E-state index contributed by atoms with van der Waals surface area (Å²) >= 11 is 0. The molecule has 128 valence electrons. The van der Waals surface area contributed by atoms with Crippen molar-refractivity contribution in [2.75, 3.05) is 5.32 Å². The van der Waals surface area contributed by atoms with Crippen LogP contribution in [0.5, 0.6) is 0 Å². The van der Waals surface area contributed by atoms with Crippen molar-refractivity contribution >= 4 is 11.6 Å². The fraction of sp³-hybridized carbons (Fsp3) is 0.0556. The van der Waals surface area contributed by atoms with Gasteiger partial charge in [0.15, 0.2) is 0 Å². The van der Waals surface area contributed by atoms with Crippen LogP contribution in [0.25, 0.3) is 17.1 Å². The average molecular weight is 345 g/mol. The number of tetrazole rings is 1. The molecule has 0 fully saturated rings. The third-order valence-electron chi connectivity index (χ3n) is 3.85. The number of amides is 1. The highest BCUT2D eigenvalue weighted by atomic mass is 16.1. The van der Waals surface area contributed by atoms with E-state index in [0.29, 0.717) is 0 Å². The summed E-state index contributed by atoms with van der Waals surface area (Å²) in [4.78, 5) is 19.5. The molecule has 8 heteroatoms. The molecule has 0 aliphatic rings. The molecule has 1 amide bonds. The second-order valence-electron chi connectivity index (χ2n) is 5.66. The zero-order chi connectivity index (χ0) is 17.8. The van der Waals surface area contributed by atoms with Crippen molar-refractivity contribution < 1.29 is 4.79 Å². The van der Waals surface area contributed by atoms with E-state index in [9.17, 15) is 4.79 Å². The lowest BCUT2D eigenvalue weighted by Crippen LogP contribution is -2.14. The van der Waals surface area contributed by atoms with Crippen LogP contribution in [0.1, 0.15) is 5.56 Å². The molecule has 2 N–H and O–H groups in total. The molecule has 0 radical (unpaired) electrons. The summed E-state index contributed by atoms with van der Waals surface area (Å²) < 4.78 is 1.56. The van der Waals surface area contributed by atoms with Crippen LogP contribution in [0.15, 0.2) is 67.3 Å². The number of carbonyl (C=O) groups is 1. The summed E-state index contributed by atoms with van der Waals surface area (Å²) in [6, 6.07) is 15.1. The van der Waals surface area contributed by atoms with Gasteiger partial charge in [-0.15, -0.1) is 5.10 Å². The Morgan fingerprint density at radius 3 is 2.54 bits per heavy atom. The number of H-pyrrole nitrogens is 1. The Labute approximate surface area is 148 Å². The van der Waals surface area contributed by atoms with Crippen molar-refractivity contribution in [2.45, 2.75) is 6.42 Å². The molecule has 0 atom stereocenters. The van der Waals surface area contributed by atoms with Gasteiger partial charge in [-0.2, -0.15) is 0 Å². The lowest BCUT2D eigenvalue weighted by atomic mass is 10.1. The van der Waals surface area contributed by atoms with Crippen molar-refractivity contribution in [1.82, 2.24) is 30.2 Å². The highest BCUT2D eigenvalue weighted by molar-refractivity contribution is 5.92. The Hall–Kier alpha value is -3.81. The largest absolute Gasteiger partial charge is 0.345 e. The van der Waals surface area contributed by atoms with E-state index < -0.39 is 0 Å². The highest BCUT2D eigenvalue weighted by Gasteiger charge is 2.06. The summed E-state index contributed by atoms with van der Waals surface area (Å²) in [6.07, 6.45) is 5.29. The first-order valence-electron chi connectivity index (χ1n) is 8.00. The van der Waals surface area contributed by atoms with E-state index in [4.69, 9.17) is 0 Å². The summed E-state index contributed by atoms with van der Waals surface area (Å²) in [5.74, 6) is 0.719. The molecule has 4 rings (SSSR count). The van der Waals surface area contributed by atoms with Crippen LogP contribution in [0, 0.1) is 0 Å². The summed E-state index contributed by atoms with van der Waals surface area (Å²) in [5, 5.41) is 13.9. The molecular weight excluding hydrogens is 330 g/mol. The number of aromatic amines is 1. The van der Waals surface area contributed by atoms with Crippen LogP contribution >= 0.6 is 0 Å². The second-order valence-corrected chi connectivity index (χ2v) is 5.66. The number of nitrogens with one attached hydrogen (secondary N) is 2. The normalized spacial score (nSPS) is 10.6. The Morgan fingerprint density at radius 1 is 1.08 bits per heavy atom. The standard InChI is InChI=1S/C18H15N7O/c26-17(11-13-1-7-16(8-2-13)25-12-21-23-24-25)22-15-5-3-14(4-6-15)18-19-9-10-20-18/h1-10,12H,11H2,(H,19,20)(H,22,26). The number of nitrogens with zero attached hydrogens (tertiary/aromatic N) is 5. The minimum absolute atomic E-state index is 0.0779. The van der Waals surface area contributed by atoms with Gasteiger partial charge in [0.25, 0.3) is 0 Å². The van der Waals surface area contributed by atoms with E-state index in [1.807, 2.05) is 48.5 Å². The highest BCUT2D eigenvalue weighted by Crippen LogP contribution is 2.18. The Balaban J connectivity index is 1.38. The number of benzene rings is 2. The molecule has 0 unspecified atom stereocenters. The van der Waals surface area contributed by atoms with Gasteiger partial charge in [-0.05, 0) is 52.4 Å². The number of imidazole rings is 1. The van der Waals surface area contributed by atoms with E-state index in [1.54, 1.807) is 17.1 Å². The molecule has 2 aromatic heterocycles. The lowest BCUT2D eigenvalue weighted by molar-refractivity contribution is -0.115. The predicted octanol–water partition coefficient (Wildman–Crippen LogP) is 2.23. The van der Waals surface area contributed by atoms with Gasteiger partial charge in [0.1, 0.15) is 12.2 Å². The van der Waals surface area contributed by atoms with Gasteiger partial charge in [0, 0.05) is 23.6 Å². The van der Waals surface area contributed by atoms with Crippen LogP contribution in [-0.4, -0.2) is 36.1 Å². The topological polar surface area (TPSA) is 101 Å². The van der Waals surface area contributed by atoms with Crippen LogP contribution in [0.3, 0.4) is 0 Å². The molecule has 4 aromatic rings. The maximum absolute atomic E-state index is 12.2. The van der Waals surface area contributed by atoms with Crippen molar-refractivity contribution in [2.24, 2.45) is 0 Å². The quantitative estimate of drug-likeness (QED) is 0.577. The average Bonchev–Trinajstić information content (AvgIpc) is 3.37. The molecule has 2 aromatic carbocycles. The molecule has 26 heavy (non-hydrogen) atoms. The van der Waals surface area contributed by atoms with Gasteiger partial charge >= 0.3 is 0 Å². The fourth-order valence-corrected chi connectivity index (χ4v) is 2.57. The monoisotopic (exact) mass is 345 g/mol. The number of hydrogen-bond acceptors (Lipinski definition) is 5. The summed E-state index contributed by atoms with van der Waals surface area (Å²) in [6.45, 7) is 0. The molecule has 0 aliphatic carbocycles. The molecular formula is C18H15N7O. The van der Waals surface area contributed by atoms with E-state index in [2.05, 4.69) is 30.8 Å².